The number of unbranched alkanes of at least 4 members (excludes halogenated alkanes) is 1. The monoisotopic (exact) mass is 186 g/mol. The molecule has 0 aromatic rings. The van der Waals surface area contributed by atoms with Crippen molar-refractivity contribution in [1.29, 1.82) is 0 Å². The third kappa shape index (κ3) is 2.97. The number of hydrogen-bond donors (Lipinski definition) is 2. The lowest BCUT2D eigenvalue weighted by Gasteiger charge is -2.30. The Morgan fingerprint density at radius 1 is 1.54 bits per heavy atom. The smallest absolute Gasteiger partial charge is 0.239 e. The first-order chi connectivity index (χ1) is 6.25. The van der Waals surface area contributed by atoms with Crippen molar-refractivity contribution in [3.8, 4) is 0 Å². The molecule has 76 valence electrons. The van der Waals surface area contributed by atoms with Gasteiger partial charge in [0.25, 0.3) is 0 Å². The fourth-order valence-electron chi connectivity index (χ4n) is 1.61. The molecule has 1 atom stereocenters. The predicted octanol–water partition coefficient (Wildman–Crippen LogP) is -0.291. The molecule has 1 aliphatic rings. The molecule has 1 aliphatic heterocycles. The van der Waals surface area contributed by atoms with E-state index in [1.54, 1.807) is 0 Å². The SMILES string of the molecule is NC1CCCN(CCCCO)C1=O. The maximum Gasteiger partial charge on any atom is 0.239 e. The van der Waals surface area contributed by atoms with Crippen molar-refractivity contribution in [2.75, 3.05) is 19.7 Å². The number of nitrogens with zero attached hydrogens (tertiary/aromatic N) is 1. The number of aliphatic hydroxyl groups excluding tert-OH is 1. The summed E-state index contributed by atoms with van der Waals surface area (Å²) < 4.78 is 0. The average Bonchev–Trinajstić information content (AvgIpc) is 2.13. The minimum Gasteiger partial charge on any atom is -0.396 e. The van der Waals surface area contributed by atoms with Crippen LogP contribution in [0.3, 0.4) is 0 Å². The molecule has 0 aliphatic carbocycles. The summed E-state index contributed by atoms with van der Waals surface area (Å²) in [6.07, 6.45) is 3.45. The normalized spacial score (nSPS) is 23.7. The van der Waals surface area contributed by atoms with Gasteiger partial charge in [0.05, 0.1) is 6.04 Å². The molecule has 0 bridgehead atoms. The minimum absolute atomic E-state index is 0.0733. The Bertz CT molecular complexity index is 173. The van der Waals surface area contributed by atoms with Crippen LogP contribution in [0, 0.1) is 0 Å². The van der Waals surface area contributed by atoms with Gasteiger partial charge in [0.2, 0.25) is 5.91 Å². The van der Waals surface area contributed by atoms with Crippen molar-refractivity contribution in [1.82, 2.24) is 4.90 Å². The number of piperidine rings is 1. The fraction of sp³-hybridized carbons (Fsp3) is 0.889. The molecular formula is C9H18N2O2. The molecule has 4 nitrogen and oxygen atoms in total. The molecule has 1 fully saturated rings. The van der Waals surface area contributed by atoms with E-state index in [0.717, 1.165) is 38.8 Å². The molecule has 4 heteroatoms. The summed E-state index contributed by atoms with van der Waals surface area (Å²) in [6, 6.07) is -0.289. The quantitative estimate of drug-likeness (QED) is 0.593. The van der Waals surface area contributed by atoms with Crippen molar-refractivity contribution in [2.24, 2.45) is 5.73 Å². The fourth-order valence-corrected chi connectivity index (χ4v) is 1.61. The van der Waals surface area contributed by atoms with Gasteiger partial charge in [-0.15, -0.1) is 0 Å². The van der Waals surface area contributed by atoms with Crippen LogP contribution in [0.15, 0.2) is 0 Å². The zero-order valence-electron chi connectivity index (χ0n) is 7.91. The second-order valence-corrected chi connectivity index (χ2v) is 3.50. The molecule has 1 heterocycles. The zero-order valence-corrected chi connectivity index (χ0v) is 7.91. The highest BCUT2D eigenvalue weighted by Gasteiger charge is 2.24. The molecule has 1 amide bonds. The van der Waals surface area contributed by atoms with Crippen LogP contribution < -0.4 is 5.73 Å². The number of rotatable bonds is 4. The van der Waals surface area contributed by atoms with Crippen LogP contribution in [0.4, 0.5) is 0 Å². The average molecular weight is 186 g/mol. The summed E-state index contributed by atoms with van der Waals surface area (Å²) >= 11 is 0. The van der Waals surface area contributed by atoms with E-state index in [0.29, 0.717) is 0 Å². The van der Waals surface area contributed by atoms with E-state index in [1.165, 1.54) is 0 Å². The highest BCUT2D eigenvalue weighted by atomic mass is 16.3. The van der Waals surface area contributed by atoms with Crippen molar-refractivity contribution < 1.29 is 9.90 Å². The number of hydrogen-bond acceptors (Lipinski definition) is 3. The molecule has 0 aromatic carbocycles. The summed E-state index contributed by atoms with van der Waals surface area (Å²) in [5.74, 6) is 0.0733. The van der Waals surface area contributed by atoms with Gasteiger partial charge in [-0.05, 0) is 25.7 Å². The van der Waals surface area contributed by atoms with Gasteiger partial charge < -0.3 is 15.7 Å². The lowest BCUT2D eigenvalue weighted by Crippen LogP contribution is -2.48. The van der Waals surface area contributed by atoms with Gasteiger partial charge in [0, 0.05) is 19.7 Å². The van der Waals surface area contributed by atoms with E-state index >= 15 is 0 Å². The second-order valence-electron chi connectivity index (χ2n) is 3.50. The molecule has 0 radical (unpaired) electrons. The Kier molecular flexibility index (Phi) is 4.18. The third-order valence-corrected chi connectivity index (χ3v) is 2.41. The molecule has 1 saturated heterocycles. The van der Waals surface area contributed by atoms with Gasteiger partial charge in [-0.2, -0.15) is 0 Å². The number of amides is 1. The van der Waals surface area contributed by atoms with Gasteiger partial charge in [0.1, 0.15) is 0 Å². The number of aliphatic hydroxyl groups is 1. The molecule has 0 spiro atoms. The van der Waals surface area contributed by atoms with Crippen molar-refractivity contribution in [3.63, 3.8) is 0 Å². The van der Waals surface area contributed by atoms with Crippen LogP contribution in [0.2, 0.25) is 0 Å². The van der Waals surface area contributed by atoms with Gasteiger partial charge >= 0.3 is 0 Å². The zero-order chi connectivity index (χ0) is 9.68. The lowest BCUT2D eigenvalue weighted by atomic mass is 10.1. The largest absolute Gasteiger partial charge is 0.396 e. The van der Waals surface area contributed by atoms with E-state index < -0.39 is 0 Å². The number of carbonyl (C=O) groups is 1. The maximum atomic E-state index is 11.5. The lowest BCUT2D eigenvalue weighted by molar-refractivity contribution is -0.135. The summed E-state index contributed by atoms with van der Waals surface area (Å²) in [6.45, 7) is 1.78. The summed E-state index contributed by atoms with van der Waals surface area (Å²) in [5.41, 5.74) is 5.63. The van der Waals surface area contributed by atoms with Gasteiger partial charge in [-0.25, -0.2) is 0 Å². The Hall–Kier alpha value is -0.610. The van der Waals surface area contributed by atoms with Crippen molar-refractivity contribution in [2.45, 2.75) is 31.7 Å². The summed E-state index contributed by atoms with van der Waals surface area (Å²) in [5, 5.41) is 8.59. The van der Waals surface area contributed by atoms with Crippen LogP contribution in [-0.4, -0.2) is 41.7 Å². The predicted molar refractivity (Wildman–Crippen MR) is 50.1 cm³/mol. The highest BCUT2D eigenvalue weighted by molar-refractivity contribution is 5.82. The topological polar surface area (TPSA) is 66.6 Å². The van der Waals surface area contributed by atoms with Crippen LogP contribution >= 0.6 is 0 Å². The summed E-state index contributed by atoms with van der Waals surface area (Å²) in [4.78, 5) is 13.3. The van der Waals surface area contributed by atoms with Crippen LogP contribution in [0.5, 0.6) is 0 Å². The van der Waals surface area contributed by atoms with Gasteiger partial charge in [-0.1, -0.05) is 0 Å². The number of nitrogens with two attached hydrogens (primary N) is 1. The third-order valence-electron chi connectivity index (χ3n) is 2.41. The Balaban J connectivity index is 2.27. The van der Waals surface area contributed by atoms with E-state index in [2.05, 4.69) is 0 Å². The first-order valence-corrected chi connectivity index (χ1v) is 4.91. The molecule has 13 heavy (non-hydrogen) atoms. The Labute approximate surface area is 78.7 Å². The number of carbonyl (C=O) groups excluding carboxylic acids is 1. The van der Waals surface area contributed by atoms with Crippen LogP contribution in [-0.2, 0) is 4.79 Å². The summed E-state index contributed by atoms with van der Waals surface area (Å²) in [7, 11) is 0. The molecule has 3 N–H and O–H groups in total. The van der Waals surface area contributed by atoms with E-state index in [4.69, 9.17) is 10.8 Å². The molecule has 1 unspecified atom stereocenters. The Morgan fingerprint density at radius 2 is 2.31 bits per heavy atom. The van der Waals surface area contributed by atoms with E-state index in [1.807, 2.05) is 4.90 Å². The first kappa shape index (κ1) is 10.5. The molecule has 0 saturated carbocycles. The van der Waals surface area contributed by atoms with E-state index in [9.17, 15) is 4.79 Å². The molecular weight excluding hydrogens is 168 g/mol. The van der Waals surface area contributed by atoms with E-state index in [-0.39, 0.29) is 18.6 Å². The van der Waals surface area contributed by atoms with Crippen LogP contribution in [0.1, 0.15) is 25.7 Å². The second kappa shape index (κ2) is 5.19. The van der Waals surface area contributed by atoms with Crippen LogP contribution in [0.25, 0.3) is 0 Å². The van der Waals surface area contributed by atoms with Gasteiger partial charge in [-0.3, -0.25) is 4.79 Å². The van der Waals surface area contributed by atoms with Crippen molar-refractivity contribution >= 4 is 5.91 Å². The standard InChI is InChI=1S/C9H18N2O2/c10-8-4-3-6-11(9(8)13)5-1-2-7-12/h8,12H,1-7,10H2. The molecule has 1 rings (SSSR count). The Morgan fingerprint density at radius 3 is 3.00 bits per heavy atom. The highest BCUT2D eigenvalue weighted by Crippen LogP contribution is 2.10. The maximum absolute atomic E-state index is 11.5. The minimum atomic E-state index is -0.289. The molecule has 0 aromatic heterocycles. The number of likely N-dealkylation sites (tertiary alicyclic amines) is 1. The van der Waals surface area contributed by atoms with Crippen molar-refractivity contribution in [3.05, 3.63) is 0 Å². The first-order valence-electron chi connectivity index (χ1n) is 4.91. The van der Waals surface area contributed by atoms with Gasteiger partial charge in [0.15, 0.2) is 0 Å².